The summed E-state index contributed by atoms with van der Waals surface area (Å²) in [5.41, 5.74) is -0.898. The molecule has 2 amide bonds. The molecule has 0 aliphatic carbocycles. The van der Waals surface area contributed by atoms with Crippen molar-refractivity contribution in [1.82, 2.24) is 9.80 Å². The van der Waals surface area contributed by atoms with Gasteiger partial charge in [0.1, 0.15) is 0 Å². The van der Waals surface area contributed by atoms with E-state index in [-0.39, 0.29) is 5.69 Å². The monoisotopic (exact) mass is 365 g/mol. The van der Waals surface area contributed by atoms with E-state index in [0.717, 1.165) is 18.7 Å². The first-order chi connectivity index (χ1) is 11.3. The maximum atomic E-state index is 12.8. The topological polar surface area (TPSA) is 44.8 Å². The summed E-state index contributed by atoms with van der Waals surface area (Å²) in [6.45, 7) is 3.83. The minimum absolute atomic E-state index is 0.0681. The van der Waals surface area contributed by atoms with Crippen LogP contribution in [-0.4, -0.2) is 62.3 Å². The molecule has 0 spiro atoms. The van der Waals surface area contributed by atoms with Gasteiger partial charge in [-0.3, -0.25) is 4.90 Å². The summed E-state index contributed by atoms with van der Waals surface area (Å²) in [6, 6.07) is 2.90. The maximum Gasteiger partial charge on any atom is 0.417 e. The number of nitrogens with one attached hydrogen (secondary N) is 1. The molecule has 1 aromatic carbocycles. The lowest BCUT2D eigenvalue weighted by Gasteiger charge is -2.34. The van der Waals surface area contributed by atoms with Gasteiger partial charge in [0.05, 0.1) is 17.2 Å². The first-order valence-corrected chi connectivity index (χ1v) is 7.83. The minimum Gasteiger partial charge on any atom is -0.383 e. The molecule has 24 heavy (non-hydrogen) atoms. The number of halogens is 4. The summed E-state index contributed by atoms with van der Waals surface area (Å²) < 4.78 is 43.5. The number of anilines is 1. The lowest BCUT2D eigenvalue weighted by Crippen LogP contribution is -2.50. The van der Waals surface area contributed by atoms with Crippen LogP contribution in [0.15, 0.2) is 18.2 Å². The fourth-order valence-corrected chi connectivity index (χ4v) is 2.64. The standard InChI is InChI=1S/C15H19ClF3N3O2/c1-24-9-8-21-4-6-22(7-5-21)14(23)20-11-2-3-13(16)12(10-11)15(17,18)19/h2-3,10H,4-9H2,1H3,(H,20,23). The van der Waals surface area contributed by atoms with E-state index < -0.39 is 22.8 Å². The highest BCUT2D eigenvalue weighted by Crippen LogP contribution is 2.36. The van der Waals surface area contributed by atoms with E-state index in [4.69, 9.17) is 16.3 Å². The Balaban J connectivity index is 1.94. The molecular formula is C15H19ClF3N3O2. The summed E-state index contributed by atoms with van der Waals surface area (Å²) >= 11 is 5.56. The normalized spacial score (nSPS) is 16.3. The number of urea groups is 1. The number of ether oxygens (including phenoxy) is 1. The van der Waals surface area contributed by atoms with Crippen molar-refractivity contribution in [2.45, 2.75) is 6.18 Å². The third-order valence-corrected chi connectivity index (χ3v) is 4.12. The molecule has 1 aliphatic rings. The molecule has 0 radical (unpaired) electrons. The highest BCUT2D eigenvalue weighted by molar-refractivity contribution is 6.31. The number of carbonyl (C=O) groups is 1. The van der Waals surface area contributed by atoms with Crippen molar-refractivity contribution < 1.29 is 22.7 Å². The molecule has 0 aromatic heterocycles. The molecular weight excluding hydrogens is 347 g/mol. The van der Waals surface area contributed by atoms with Crippen LogP contribution in [0.2, 0.25) is 5.02 Å². The fourth-order valence-electron chi connectivity index (χ4n) is 2.42. The maximum absolute atomic E-state index is 12.8. The second-order valence-electron chi connectivity index (χ2n) is 5.44. The highest BCUT2D eigenvalue weighted by atomic mass is 35.5. The van der Waals surface area contributed by atoms with Crippen molar-refractivity contribution in [2.24, 2.45) is 0 Å². The van der Waals surface area contributed by atoms with Crippen LogP contribution < -0.4 is 5.32 Å². The molecule has 1 aliphatic heterocycles. The van der Waals surface area contributed by atoms with Gasteiger partial charge in [-0.25, -0.2) is 4.79 Å². The molecule has 0 unspecified atom stereocenters. The highest BCUT2D eigenvalue weighted by Gasteiger charge is 2.33. The summed E-state index contributed by atoms with van der Waals surface area (Å²) in [4.78, 5) is 15.9. The number of piperazine rings is 1. The van der Waals surface area contributed by atoms with Crippen LogP contribution >= 0.6 is 11.6 Å². The van der Waals surface area contributed by atoms with Gasteiger partial charge < -0.3 is 15.0 Å². The number of alkyl halides is 3. The van der Waals surface area contributed by atoms with E-state index in [9.17, 15) is 18.0 Å². The van der Waals surface area contributed by atoms with Gasteiger partial charge in [0.25, 0.3) is 0 Å². The number of carbonyl (C=O) groups excluding carboxylic acids is 1. The largest absolute Gasteiger partial charge is 0.417 e. The summed E-state index contributed by atoms with van der Waals surface area (Å²) in [7, 11) is 1.63. The second kappa shape index (κ2) is 8.04. The lowest BCUT2D eigenvalue weighted by molar-refractivity contribution is -0.137. The Hall–Kier alpha value is -1.51. The van der Waals surface area contributed by atoms with Crippen molar-refractivity contribution in [2.75, 3.05) is 51.8 Å². The van der Waals surface area contributed by atoms with Crippen molar-refractivity contribution in [3.63, 3.8) is 0 Å². The second-order valence-corrected chi connectivity index (χ2v) is 5.85. The zero-order valence-corrected chi connectivity index (χ0v) is 14.0. The Morgan fingerprint density at radius 3 is 2.54 bits per heavy atom. The molecule has 1 heterocycles. The SMILES string of the molecule is COCCN1CCN(C(=O)Nc2ccc(Cl)c(C(F)(F)F)c2)CC1. The predicted molar refractivity (Wildman–Crippen MR) is 85.4 cm³/mol. The zero-order valence-electron chi connectivity index (χ0n) is 13.2. The van der Waals surface area contributed by atoms with E-state index in [1.165, 1.54) is 6.07 Å². The first-order valence-electron chi connectivity index (χ1n) is 7.45. The van der Waals surface area contributed by atoms with Crippen molar-refractivity contribution >= 4 is 23.3 Å². The van der Waals surface area contributed by atoms with E-state index in [1.807, 2.05) is 0 Å². The van der Waals surface area contributed by atoms with Crippen LogP contribution in [-0.2, 0) is 10.9 Å². The Morgan fingerprint density at radius 2 is 1.96 bits per heavy atom. The average molecular weight is 366 g/mol. The molecule has 5 nitrogen and oxygen atoms in total. The number of hydrogen-bond acceptors (Lipinski definition) is 3. The van der Waals surface area contributed by atoms with Gasteiger partial charge in [-0.1, -0.05) is 11.6 Å². The number of nitrogens with zero attached hydrogens (tertiary/aromatic N) is 2. The molecule has 1 aromatic rings. The van der Waals surface area contributed by atoms with Gasteiger partial charge in [-0.15, -0.1) is 0 Å². The quantitative estimate of drug-likeness (QED) is 0.891. The lowest BCUT2D eigenvalue weighted by atomic mass is 10.2. The molecule has 0 saturated carbocycles. The van der Waals surface area contributed by atoms with Crippen molar-refractivity contribution in [1.29, 1.82) is 0 Å². The van der Waals surface area contributed by atoms with Crippen LogP contribution in [0.5, 0.6) is 0 Å². The van der Waals surface area contributed by atoms with Crippen LogP contribution in [0, 0.1) is 0 Å². The van der Waals surface area contributed by atoms with Gasteiger partial charge in [0.2, 0.25) is 0 Å². The fraction of sp³-hybridized carbons (Fsp3) is 0.533. The van der Waals surface area contributed by atoms with E-state index >= 15 is 0 Å². The molecule has 0 bridgehead atoms. The first kappa shape index (κ1) is 18.8. The third-order valence-electron chi connectivity index (χ3n) is 3.79. The van der Waals surface area contributed by atoms with Crippen molar-refractivity contribution in [3.05, 3.63) is 28.8 Å². The molecule has 9 heteroatoms. The van der Waals surface area contributed by atoms with E-state index in [2.05, 4.69) is 10.2 Å². The molecule has 0 atom stereocenters. The Labute approximate surface area is 143 Å². The van der Waals surface area contributed by atoms with Crippen molar-refractivity contribution in [3.8, 4) is 0 Å². The van der Waals surface area contributed by atoms with Crippen LogP contribution in [0.4, 0.5) is 23.7 Å². The minimum atomic E-state index is -4.56. The molecule has 1 N–H and O–H groups in total. The predicted octanol–water partition coefficient (Wildman–Crippen LogP) is 3.15. The van der Waals surface area contributed by atoms with E-state index in [0.29, 0.717) is 32.8 Å². The summed E-state index contributed by atoms with van der Waals surface area (Å²) in [5, 5.41) is 2.10. The Morgan fingerprint density at radius 1 is 1.29 bits per heavy atom. The number of methoxy groups -OCH3 is 1. The molecule has 1 fully saturated rings. The molecule has 1 saturated heterocycles. The van der Waals surface area contributed by atoms with Gasteiger partial charge in [0.15, 0.2) is 0 Å². The zero-order chi connectivity index (χ0) is 17.7. The van der Waals surface area contributed by atoms with Gasteiger partial charge in [-0.2, -0.15) is 13.2 Å². The summed E-state index contributed by atoms with van der Waals surface area (Å²) in [6.07, 6.45) is -4.56. The Bertz CT molecular complexity index is 576. The van der Waals surface area contributed by atoms with Crippen LogP contribution in [0.3, 0.4) is 0 Å². The number of rotatable bonds is 4. The van der Waals surface area contributed by atoms with Crippen LogP contribution in [0.1, 0.15) is 5.56 Å². The third kappa shape index (κ3) is 4.99. The number of benzene rings is 1. The summed E-state index contributed by atoms with van der Waals surface area (Å²) in [5.74, 6) is 0. The van der Waals surface area contributed by atoms with E-state index in [1.54, 1.807) is 12.0 Å². The molecule has 2 rings (SSSR count). The smallest absolute Gasteiger partial charge is 0.383 e. The van der Waals surface area contributed by atoms with Gasteiger partial charge in [0, 0.05) is 45.5 Å². The average Bonchev–Trinajstić information content (AvgIpc) is 2.54. The number of amides is 2. The van der Waals surface area contributed by atoms with Gasteiger partial charge >= 0.3 is 12.2 Å². The Kier molecular flexibility index (Phi) is 6.31. The number of hydrogen-bond donors (Lipinski definition) is 1. The van der Waals surface area contributed by atoms with Crippen LogP contribution in [0.25, 0.3) is 0 Å². The van der Waals surface area contributed by atoms with Gasteiger partial charge in [-0.05, 0) is 18.2 Å². The molecule has 134 valence electrons.